The van der Waals surface area contributed by atoms with Crippen molar-refractivity contribution in [3.8, 4) is 11.4 Å². The first-order chi connectivity index (χ1) is 8.64. The fraction of sp³-hybridized carbons (Fsp3) is 0.364. The molecule has 1 fully saturated rings. The molecule has 3 rings (SSSR count). The Labute approximate surface area is 113 Å². The number of alkyl halides is 2. The molecular formula is C11H11ClF2N4O. The topological polar surface area (TPSA) is 63.8 Å². The smallest absolute Gasteiger partial charge is 0.262 e. The second-order valence-electron chi connectivity index (χ2n) is 4.19. The van der Waals surface area contributed by atoms with E-state index in [0.717, 1.165) is 0 Å². The Kier molecular flexibility index (Phi) is 3.77. The number of aromatic nitrogens is 3. The highest BCUT2D eigenvalue weighted by Gasteiger charge is 2.42. The van der Waals surface area contributed by atoms with E-state index in [1.807, 2.05) is 0 Å². The van der Waals surface area contributed by atoms with Crippen molar-refractivity contribution in [1.29, 1.82) is 0 Å². The maximum Gasteiger partial charge on any atom is 0.262 e. The highest BCUT2D eigenvalue weighted by Crippen LogP contribution is 2.33. The van der Waals surface area contributed by atoms with E-state index in [0.29, 0.717) is 11.4 Å². The van der Waals surface area contributed by atoms with E-state index in [-0.39, 0.29) is 31.3 Å². The summed E-state index contributed by atoms with van der Waals surface area (Å²) in [5.74, 6) is -2.17. The molecule has 0 amide bonds. The summed E-state index contributed by atoms with van der Waals surface area (Å²) in [5, 5.41) is 6.43. The summed E-state index contributed by atoms with van der Waals surface area (Å²) < 4.78 is 31.1. The summed E-state index contributed by atoms with van der Waals surface area (Å²) in [6.45, 7) is -0.359. The van der Waals surface area contributed by atoms with Gasteiger partial charge in [-0.3, -0.25) is 10.3 Å². The standard InChI is InChI=1S/C11H10F2N4O.ClH/c12-11(13)4-8(15-6-11)10-16-9(17-18-10)7-2-1-3-14-5-7;/h1-3,5,8,15H,4,6H2;1H. The second kappa shape index (κ2) is 5.18. The lowest BCUT2D eigenvalue weighted by Gasteiger charge is -2.04. The minimum Gasteiger partial charge on any atom is -0.337 e. The van der Waals surface area contributed by atoms with E-state index in [1.54, 1.807) is 24.5 Å². The van der Waals surface area contributed by atoms with Crippen LogP contribution in [0.4, 0.5) is 8.78 Å². The van der Waals surface area contributed by atoms with Gasteiger partial charge in [-0.2, -0.15) is 4.98 Å². The van der Waals surface area contributed by atoms with Gasteiger partial charge in [0.2, 0.25) is 11.7 Å². The van der Waals surface area contributed by atoms with Crippen LogP contribution in [0.5, 0.6) is 0 Å². The average molecular weight is 289 g/mol. The minimum atomic E-state index is -2.71. The zero-order valence-corrected chi connectivity index (χ0v) is 10.5. The molecule has 0 radical (unpaired) electrons. The van der Waals surface area contributed by atoms with Gasteiger partial charge < -0.3 is 4.52 Å². The molecule has 0 aromatic carbocycles. The van der Waals surface area contributed by atoms with Crippen molar-refractivity contribution >= 4 is 12.4 Å². The summed E-state index contributed by atoms with van der Waals surface area (Å²) in [5.41, 5.74) is 0.692. The second-order valence-corrected chi connectivity index (χ2v) is 4.19. The normalized spacial score (nSPS) is 21.1. The van der Waals surface area contributed by atoms with Crippen LogP contribution >= 0.6 is 12.4 Å². The van der Waals surface area contributed by atoms with Crippen LogP contribution in [0.3, 0.4) is 0 Å². The fourth-order valence-electron chi connectivity index (χ4n) is 1.88. The molecule has 2 aromatic rings. The van der Waals surface area contributed by atoms with Crippen LogP contribution in [0, 0.1) is 0 Å². The molecule has 1 unspecified atom stereocenters. The maximum atomic E-state index is 13.0. The van der Waals surface area contributed by atoms with E-state index >= 15 is 0 Å². The largest absolute Gasteiger partial charge is 0.337 e. The lowest BCUT2D eigenvalue weighted by Crippen LogP contribution is -2.19. The van der Waals surface area contributed by atoms with Gasteiger partial charge in [-0.25, -0.2) is 8.78 Å². The Hall–Kier alpha value is -1.60. The Morgan fingerprint density at radius 2 is 2.26 bits per heavy atom. The van der Waals surface area contributed by atoms with E-state index in [9.17, 15) is 8.78 Å². The summed E-state index contributed by atoms with van der Waals surface area (Å²) >= 11 is 0. The van der Waals surface area contributed by atoms with Crippen LogP contribution < -0.4 is 5.32 Å². The highest BCUT2D eigenvalue weighted by molar-refractivity contribution is 5.85. The van der Waals surface area contributed by atoms with E-state index in [2.05, 4.69) is 20.4 Å². The number of nitrogens with one attached hydrogen (secondary N) is 1. The lowest BCUT2D eigenvalue weighted by atomic mass is 10.2. The third-order valence-electron chi connectivity index (χ3n) is 2.77. The van der Waals surface area contributed by atoms with Crippen LogP contribution in [0.15, 0.2) is 29.0 Å². The number of hydrogen-bond acceptors (Lipinski definition) is 5. The molecule has 0 bridgehead atoms. The number of halogens is 3. The summed E-state index contributed by atoms with van der Waals surface area (Å²) in [6, 6.07) is 2.93. The third-order valence-corrected chi connectivity index (χ3v) is 2.77. The molecule has 8 heteroatoms. The van der Waals surface area contributed by atoms with Crippen molar-refractivity contribution in [3.05, 3.63) is 30.4 Å². The van der Waals surface area contributed by atoms with E-state index in [1.165, 1.54) is 0 Å². The molecule has 0 aliphatic carbocycles. The minimum absolute atomic E-state index is 0. The molecule has 5 nitrogen and oxygen atoms in total. The van der Waals surface area contributed by atoms with Gasteiger partial charge in [-0.1, -0.05) is 5.16 Å². The Morgan fingerprint density at radius 1 is 1.42 bits per heavy atom. The molecular weight excluding hydrogens is 278 g/mol. The SMILES string of the molecule is Cl.FC1(F)CNC(c2nc(-c3cccnc3)no2)C1. The maximum absolute atomic E-state index is 13.0. The first-order valence-electron chi connectivity index (χ1n) is 5.49. The number of hydrogen-bond donors (Lipinski definition) is 1. The van der Waals surface area contributed by atoms with Crippen LogP contribution in [0.2, 0.25) is 0 Å². The molecule has 0 saturated carbocycles. The molecule has 19 heavy (non-hydrogen) atoms. The van der Waals surface area contributed by atoms with Gasteiger partial charge in [0.25, 0.3) is 5.92 Å². The van der Waals surface area contributed by atoms with E-state index in [4.69, 9.17) is 4.52 Å². The van der Waals surface area contributed by atoms with Gasteiger partial charge in [-0.15, -0.1) is 12.4 Å². The van der Waals surface area contributed by atoms with Crippen molar-refractivity contribution in [3.63, 3.8) is 0 Å². The van der Waals surface area contributed by atoms with E-state index < -0.39 is 12.0 Å². The zero-order chi connectivity index (χ0) is 12.6. The molecule has 3 heterocycles. The first kappa shape index (κ1) is 13.8. The molecule has 102 valence electrons. The monoisotopic (exact) mass is 288 g/mol. The molecule has 1 aliphatic rings. The van der Waals surface area contributed by atoms with Crippen molar-refractivity contribution < 1.29 is 13.3 Å². The van der Waals surface area contributed by atoms with Gasteiger partial charge in [0.05, 0.1) is 12.6 Å². The number of nitrogens with zero attached hydrogens (tertiary/aromatic N) is 3. The quantitative estimate of drug-likeness (QED) is 0.918. The van der Waals surface area contributed by atoms with Gasteiger partial charge in [0.1, 0.15) is 0 Å². The molecule has 1 saturated heterocycles. The predicted octanol–water partition coefficient (Wildman–Crippen LogP) is 2.22. The van der Waals surface area contributed by atoms with Crippen molar-refractivity contribution in [2.75, 3.05) is 6.54 Å². The van der Waals surface area contributed by atoms with Crippen LogP contribution in [0.25, 0.3) is 11.4 Å². The number of pyridine rings is 1. The summed E-state index contributed by atoms with van der Waals surface area (Å²) in [6.07, 6.45) is 2.90. The first-order valence-corrected chi connectivity index (χ1v) is 5.49. The Morgan fingerprint density at radius 3 is 2.89 bits per heavy atom. The Bertz CT molecular complexity index is 549. The van der Waals surface area contributed by atoms with Crippen LogP contribution in [-0.2, 0) is 0 Å². The van der Waals surface area contributed by atoms with Gasteiger partial charge in [0.15, 0.2) is 0 Å². The van der Waals surface area contributed by atoms with Crippen molar-refractivity contribution in [1.82, 2.24) is 20.4 Å². The molecule has 2 aromatic heterocycles. The summed E-state index contributed by atoms with van der Waals surface area (Å²) in [4.78, 5) is 8.05. The lowest BCUT2D eigenvalue weighted by molar-refractivity contribution is 0.0200. The van der Waals surface area contributed by atoms with Gasteiger partial charge in [0, 0.05) is 24.4 Å². The predicted molar refractivity (Wildman–Crippen MR) is 65.1 cm³/mol. The van der Waals surface area contributed by atoms with Gasteiger partial charge >= 0.3 is 0 Å². The molecule has 1 aliphatic heterocycles. The highest BCUT2D eigenvalue weighted by atomic mass is 35.5. The van der Waals surface area contributed by atoms with Crippen LogP contribution in [0.1, 0.15) is 18.4 Å². The zero-order valence-electron chi connectivity index (χ0n) is 9.72. The van der Waals surface area contributed by atoms with Gasteiger partial charge in [-0.05, 0) is 12.1 Å². The van der Waals surface area contributed by atoms with Crippen molar-refractivity contribution in [2.24, 2.45) is 0 Å². The fourth-order valence-corrected chi connectivity index (χ4v) is 1.88. The molecule has 1 atom stereocenters. The molecule has 1 N–H and O–H groups in total. The summed E-state index contributed by atoms with van der Waals surface area (Å²) in [7, 11) is 0. The third kappa shape index (κ3) is 2.87. The number of rotatable bonds is 2. The molecule has 0 spiro atoms. The van der Waals surface area contributed by atoms with Crippen LogP contribution in [-0.4, -0.2) is 27.6 Å². The average Bonchev–Trinajstić information content (AvgIpc) is 2.96. The Balaban J connectivity index is 0.00000133. The van der Waals surface area contributed by atoms with Crippen molar-refractivity contribution in [2.45, 2.75) is 18.4 Å².